The van der Waals surface area contributed by atoms with Crippen molar-refractivity contribution in [3.63, 3.8) is 0 Å². The normalized spacial score (nSPS) is 12.2. The number of amides is 1. The number of nitrogens with zero attached hydrogens (tertiary/aromatic N) is 4. The summed E-state index contributed by atoms with van der Waals surface area (Å²) in [5.74, 6) is 0.00977. The second-order valence-electron chi connectivity index (χ2n) is 5.49. The smallest absolute Gasteiger partial charge is 0.257 e. The molecule has 1 amide bonds. The van der Waals surface area contributed by atoms with Crippen molar-refractivity contribution in [2.45, 2.75) is 46.2 Å². The Kier molecular flexibility index (Phi) is 5.31. The summed E-state index contributed by atoms with van der Waals surface area (Å²) in [5, 5.41) is 4.32. The predicted molar refractivity (Wildman–Crippen MR) is 86.6 cm³/mol. The van der Waals surface area contributed by atoms with E-state index in [1.807, 2.05) is 37.0 Å². The number of hydrogen-bond acceptors (Lipinski definition) is 3. The van der Waals surface area contributed by atoms with Gasteiger partial charge in [-0.15, -0.1) is 0 Å². The molecule has 0 radical (unpaired) electrons. The molecule has 2 rings (SSSR count). The van der Waals surface area contributed by atoms with Gasteiger partial charge >= 0.3 is 0 Å². The summed E-state index contributed by atoms with van der Waals surface area (Å²) < 4.78 is 1.89. The monoisotopic (exact) mass is 300 g/mol. The molecule has 0 fully saturated rings. The van der Waals surface area contributed by atoms with E-state index in [-0.39, 0.29) is 11.9 Å². The summed E-state index contributed by atoms with van der Waals surface area (Å²) in [4.78, 5) is 18.8. The molecule has 0 saturated heterocycles. The molecule has 2 heterocycles. The van der Waals surface area contributed by atoms with E-state index in [2.05, 4.69) is 23.9 Å². The molecule has 0 spiro atoms. The Morgan fingerprint density at radius 2 is 2.14 bits per heavy atom. The number of aromatic nitrogens is 3. The van der Waals surface area contributed by atoms with Crippen molar-refractivity contribution in [2.75, 3.05) is 7.05 Å². The third-order valence-corrected chi connectivity index (χ3v) is 4.01. The van der Waals surface area contributed by atoms with Crippen LogP contribution in [0.3, 0.4) is 0 Å². The lowest BCUT2D eigenvalue weighted by molar-refractivity contribution is 0.0725. The molecule has 22 heavy (non-hydrogen) atoms. The van der Waals surface area contributed by atoms with Crippen LogP contribution in [0.1, 0.15) is 54.3 Å². The molecule has 0 aliphatic heterocycles. The van der Waals surface area contributed by atoms with Gasteiger partial charge in [0.05, 0.1) is 17.8 Å². The first-order valence-corrected chi connectivity index (χ1v) is 7.79. The highest BCUT2D eigenvalue weighted by Gasteiger charge is 2.24. The van der Waals surface area contributed by atoms with Crippen LogP contribution in [0.4, 0.5) is 0 Å². The number of pyridine rings is 1. The van der Waals surface area contributed by atoms with Crippen molar-refractivity contribution in [2.24, 2.45) is 0 Å². The summed E-state index contributed by atoms with van der Waals surface area (Å²) in [6.07, 6.45) is 7.09. The molecule has 2 aromatic rings. The molecular formula is C17H24N4O. The van der Waals surface area contributed by atoms with Gasteiger partial charge in [-0.25, -0.2) is 0 Å². The molecule has 118 valence electrons. The van der Waals surface area contributed by atoms with E-state index in [1.54, 1.807) is 17.3 Å². The van der Waals surface area contributed by atoms with Crippen molar-refractivity contribution in [1.29, 1.82) is 0 Å². The summed E-state index contributed by atoms with van der Waals surface area (Å²) in [6, 6.07) is 3.94. The number of hydrogen-bond donors (Lipinski definition) is 0. The Morgan fingerprint density at radius 1 is 1.36 bits per heavy atom. The summed E-state index contributed by atoms with van der Waals surface area (Å²) in [5.41, 5.74) is 2.66. The van der Waals surface area contributed by atoms with E-state index in [9.17, 15) is 4.79 Å². The predicted octanol–water partition coefficient (Wildman–Crippen LogP) is 3.22. The fraction of sp³-hybridized carbons (Fsp3) is 0.471. The second-order valence-corrected chi connectivity index (χ2v) is 5.49. The quantitative estimate of drug-likeness (QED) is 0.823. The van der Waals surface area contributed by atoms with Crippen molar-refractivity contribution < 1.29 is 4.79 Å². The maximum Gasteiger partial charge on any atom is 0.257 e. The molecule has 0 aliphatic carbocycles. The van der Waals surface area contributed by atoms with Gasteiger partial charge in [0.15, 0.2) is 0 Å². The molecule has 0 saturated carbocycles. The Hall–Kier alpha value is -2.17. The van der Waals surface area contributed by atoms with Crippen molar-refractivity contribution in [3.8, 4) is 0 Å². The molecule has 1 atom stereocenters. The van der Waals surface area contributed by atoms with Gasteiger partial charge in [0.1, 0.15) is 0 Å². The minimum atomic E-state index is 0.00977. The third kappa shape index (κ3) is 3.18. The SMILES string of the molecule is CCCn1ncc(C(=O)N(C)C(CC)c2cccnc2)c1C. The molecule has 5 heteroatoms. The number of rotatable bonds is 6. The Morgan fingerprint density at radius 3 is 2.73 bits per heavy atom. The molecule has 0 N–H and O–H groups in total. The van der Waals surface area contributed by atoms with Gasteiger partial charge in [0.25, 0.3) is 5.91 Å². The largest absolute Gasteiger partial charge is 0.335 e. The van der Waals surface area contributed by atoms with E-state index in [4.69, 9.17) is 0 Å². The second kappa shape index (κ2) is 7.20. The number of aryl methyl sites for hydroxylation is 1. The lowest BCUT2D eigenvalue weighted by Gasteiger charge is -2.27. The first-order valence-electron chi connectivity index (χ1n) is 7.79. The first kappa shape index (κ1) is 16.2. The number of carbonyl (C=O) groups excluding carboxylic acids is 1. The highest BCUT2D eigenvalue weighted by Crippen LogP contribution is 2.24. The number of carbonyl (C=O) groups is 1. The first-order chi connectivity index (χ1) is 10.6. The van der Waals surface area contributed by atoms with E-state index in [0.717, 1.165) is 30.6 Å². The molecule has 0 bridgehead atoms. The van der Waals surface area contributed by atoms with Crippen LogP contribution < -0.4 is 0 Å². The Balaban J connectivity index is 2.24. The van der Waals surface area contributed by atoms with Gasteiger partial charge in [-0.3, -0.25) is 14.5 Å². The highest BCUT2D eigenvalue weighted by molar-refractivity contribution is 5.95. The lowest BCUT2D eigenvalue weighted by Crippen LogP contribution is -2.31. The van der Waals surface area contributed by atoms with Gasteiger partial charge < -0.3 is 4.90 Å². The average molecular weight is 300 g/mol. The minimum Gasteiger partial charge on any atom is -0.335 e. The summed E-state index contributed by atoms with van der Waals surface area (Å²) in [7, 11) is 1.85. The minimum absolute atomic E-state index is 0.00977. The molecular weight excluding hydrogens is 276 g/mol. The van der Waals surface area contributed by atoms with Crippen LogP contribution in [0.5, 0.6) is 0 Å². The van der Waals surface area contributed by atoms with Crippen LogP contribution in [-0.2, 0) is 6.54 Å². The fourth-order valence-corrected chi connectivity index (χ4v) is 2.73. The van der Waals surface area contributed by atoms with E-state index >= 15 is 0 Å². The molecule has 0 aromatic carbocycles. The van der Waals surface area contributed by atoms with Gasteiger partial charge in [0, 0.05) is 31.7 Å². The maximum atomic E-state index is 12.8. The van der Waals surface area contributed by atoms with Crippen LogP contribution in [0.2, 0.25) is 0 Å². The van der Waals surface area contributed by atoms with Crippen LogP contribution in [0.15, 0.2) is 30.7 Å². The Labute approximate surface area is 132 Å². The van der Waals surface area contributed by atoms with Crippen molar-refractivity contribution >= 4 is 5.91 Å². The standard InChI is InChI=1S/C17H24N4O/c1-5-10-21-13(3)15(12-19-21)17(22)20(4)16(6-2)14-8-7-9-18-11-14/h7-9,11-12,16H,5-6,10H2,1-4H3. The maximum absolute atomic E-state index is 12.8. The van der Waals surface area contributed by atoms with E-state index in [1.165, 1.54) is 0 Å². The van der Waals surface area contributed by atoms with Gasteiger partial charge in [-0.05, 0) is 31.4 Å². The van der Waals surface area contributed by atoms with Gasteiger partial charge in [-0.1, -0.05) is 19.9 Å². The van der Waals surface area contributed by atoms with Gasteiger partial charge in [-0.2, -0.15) is 5.10 Å². The fourth-order valence-electron chi connectivity index (χ4n) is 2.73. The van der Waals surface area contributed by atoms with Crippen LogP contribution in [-0.4, -0.2) is 32.6 Å². The zero-order valence-electron chi connectivity index (χ0n) is 13.8. The van der Waals surface area contributed by atoms with Crippen molar-refractivity contribution in [1.82, 2.24) is 19.7 Å². The lowest BCUT2D eigenvalue weighted by atomic mass is 10.0. The zero-order valence-corrected chi connectivity index (χ0v) is 13.8. The molecule has 5 nitrogen and oxygen atoms in total. The van der Waals surface area contributed by atoms with Crippen LogP contribution in [0, 0.1) is 6.92 Å². The third-order valence-electron chi connectivity index (χ3n) is 4.01. The molecule has 1 unspecified atom stereocenters. The Bertz CT molecular complexity index is 621. The van der Waals surface area contributed by atoms with Crippen LogP contribution >= 0.6 is 0 Å². The molecule has 2 aromatic heterocycles. The average Bonchev–Trinajstić information content (AvgIpc) is 2.90. The topological polar surface area (TPSA) is 51.0 Å². The molecule has 0 aliphatic rings. The summed E-state index contributed by atoms with van der Waals surface area (Å²) >= 11 is 0. The summed E-state index contributed by atoms with van der Waals surface area (Å²) in [6.45, 7) is 6.97. The zero-order chi connectivity index (χ0) is 16.1. The van der Waals surface area contributed by atoms with E-state index < -0.39 is 0 Å². The van der Waals surface area contributed by atoms with Gasteiger partial charge in [0.2, 0.25) is 0 Å². The van der Waals surface area contributed by atoms with E-state index in [0.29, 0.717) is 5.56 Å². The highest BCUT2D eigenvalue weighted by atomic mass is 16.2. The van der Waals surface area contributed by atoms with Crippen molar-refractivity contribution in [3.05, 3.63) is 47.5 Å². The van der Waals surface area contributed by atoms with Crippen LogP contribution in [0.25, 0.3) is 0 Å².